The molecule has 150 valence electrons. The Morgan fingerprint density at radius 3 is 2.45 bits per heavy atom. The molecular weight excluding hydrogens is 416 g/mol. The van der Waals surface area contributed by atoms with E-state index in [-0.39, 0.29) is 17.2 Å². The predicted octanol–water partition coefficient (Wildman–Crippen LogP) is 4.30. The summed E-state index contributed by atoms with van der Waals surface area (Å²) in [6.07, 6.45) is 0. The zero-order valence-corrected chi connectivity index (χ0v) is 16.8. The number of nitrogens with zero attached hydrogens (tertiary/aromatic N) is 1. The molecule has 8 nitrogen and oxygen atoms in total. The molecule has 0 unspecified atom stereocenters. The molecule has 0 saturated heterocycles. The first kappa shape index (κ1) is 20.5. The van der Waals surface area contributed by atoms with Crippen LogP contribution in [0.1, 0.15) is 17.3 Å². The largest absolute Gasteiger partial charge is 0.462 e. The first-order chi connectivity index (χ1) is 13.8. The summed E-state index contributed by atoms with van der Waals surface area (Å²) in [6.45, 7) is 1.76. The lowest BCUT2D eigenvalue weighted by Crippen LogP contribution is -2.16. The molecule has 0 aliphatic carbocycles. The van der Waals surface area contributed by atoms with Crippen molar-refractivity contribution in [2.75, 3.05) is 11.3 Å². The van der Waals surface area contributed by atoms with Gasteiger partial charge >= 0.3 is 5.97 Å². The first-order valence-electron chi connectivity index (χ1n) is 8.46. The first-order valence-corrected chi connectivity index (χ1v) is 10.8. The number of thiophene rings is 1. The number of benzene rings is 2. The highest BCUT2D eigenvalue weighted by Crippen LogP contribution is 2.37. The fourth-order valence-electron chi connectivity index (χ4n) is 2.58. The fraction of sp³-hybridized carbons (Fsp3) is 0.105. The number of nitro groups is 1. The third-order valence-electron chi connectivity index (χ3n) is 3.86. The molecular formula is C19H16N2O6S2. The normalized spacial score (nSPS) is 11.1. The number of anilines is 1. The third-order valence-corrected chi connectivity index (χ3v) is 6.49. The van der Waals surface area contributed by atoms with Crippen LogP contribution >= 0.6 is 11.3 Å². The van der Waals surface area contributed by atoms with Crippen LogP contribution in [-0.4, -0.2) is 25.9 Å². The molecule has 0 aliphatic heterocycles. The van der Waals surface area contributed by atoms with E-state index in [0.717, 1.165) is 29.0 Å². The number of nitro benzene ring substituents is 1. The van der Waals surface area contributed by atoms with E-state index in [4.69, 9.17) is 4.74 Å². The van der Waals surface area contributed by atoms with Crippen molar-refractivity contribution in [3.63, 3.8) is 0 Å². The number of esters is 1. The highest BCUT2D eigenvalue weighted by molar-refractivity contribution is 7.93. The van der Waals surface area contributed by atoms with Crippen molar-refractivity contribution in [2.24, 2.45) is 0 Å². The average Bonchev–Trinajstić information content (AvgIpc) is 3.12. The Morgan fingerprint density at radius 1 is 1.14 bits per heavy atom. The van der Waals surface area contributed by atoms with Crippen LogP contribution in [0, 0.1) is 10.1 Å². The highest BCUT2D eigenvalue weighted by atomic mass is 32.2. The minimum Gasteiger partial charge on any atom is -0.462 e. The van der Waals surface area contributed by atoms with E-state index >= 15 is 0 Å². The minimum absolute atomic E-state index is 0.0282. The van der Waals surface area contributed by atoms with E-state index in [1.54, 1.807) is 6.92 Å². The van der Waals surface area contributed by atoms with E-state index in [9.17, 15) is 23.3 Å². The molecule has 0 radical (unpaired) electrons. The van der Waals surface area contributed by atoms with Gasteiger partial charge in [-0.3, -0.25) is 14.8 Å². The van der Waals surface area contributed by atoms with Gasteiger partial charge in [-0.2, -0.15) is 0 Å². The number of nitrogens with one attached hydrogen (secondary N) is 1. The van der Waals surface area contributed by atoms with Gasteiger partial charge in [-0.15, -0.1) is 11.3 Å². The Kier molecular flexibility index (Phi) is 5.95. The van der Waals surface area contributed by atoms with Crippen LogP contribution in [0.3, 0.4) is 0 Å². The van der Waals surface area contributed by atoms with Crippen molar-refractivity contribution in [3.05, 3.63) is 76.3 Å². The third kappa shape index (κ3) is 4.44. The molecule has 0 saturated carbocycles. The number of carbonyl (C=O) groups excluding carboxylic acids is 1. The second-order valence-corrected chi connectivity index (χ2v) is 8.47. The minimum atomic E-state index is -4.32. The van der Waals surface area contributed by atoms with Crippen molar-refractivity contribution in [1.82, 2.24) is 0 Å². The Balaban J connectivity index is 2.07. The molecule has 0 spiro atoms. The number of rotatable bonds is 7. The smallest absolute Gasteiger partial charge is 0.341 e. The maximum absolute atomic E-state index is 12.8. The van der Waals surface area contributed by atoms with E-state index in [1.807, 2.05) is 30.3 Å². The number of ether oxygens (including phenoxy) is 1. The summed E-state index contributed by atoms with van der Waals surface area (Å²) in [7, 11) is -4.32. The summed E-state index contributed by atoms with van der Waals surface area (Å²) in [6, 6.07) is 15.6. The fourth-order valence-corrected chi connectivity index (χ4v) is 5.12. The van der Waals surface area contributed by atoms with Gasteiger partial charge in [0.05, 0.1) is 17.1 Å². The lowest BCUT2D eigenvalue weighted by molar-refractivity contribution is -0.387. The second kappa shape index (κ2) is 8.41. The van der Waals surface area contributed by atoms with Crippen molar-refractivity contribution in [1.29, 1.82) is 0 Å². The number of carbonyl (C=O) groups is 1. The second-order valence-electron chi connectivity index (χ2n) is 5.77. The number of sulfonamides is 1. The number of hydrogen-bond acceptors (Lipinski definition) is 7. The van der Waals surface area contributed by atoms with E-state index in [1.165, 1.54) is 18.2 Å². The summed E-state index contributed by atoms with van der Waals surface area (Å²) in [5, 5.41) is 11.2. The summed E-state index contributed by atoms with van der Waals surface area (Å²) >= 11 is 1.04. The van der Waals surface area contributed by atoms with Crippen LogP contribution < -0.4 is 4.72 Å². The number of para-hydroxylation sites is 1. The van der Waals surface area contributed by atoms with Gasteiger partial charge in [0.15, 0.2) is 4.90 Å². The van der Waals surface area contributed by atoms with Gasteiger partial charge in [0, 0.05) is 10.9 Å². The van der Waals surface area contributed by atoms with Gasteiger partial charge in [0.25, 0.3) is 15.7 Å². The van der Waals surface area contributed by atoms with Gasteiger partial charge in [0.1, 0.15) is 5.00 Å². The van der Waals surface area contributed by atoms with Crippen molar-refractivity contribution in [3.8, 4) is 10.4 Å². The molecule has 0 atom stereocenters. The van der Waals surface area contributed by atoms with Gasteiger partial charge in [0.2, 0.25) is 0 Å². The summed E-state index contributed by atoms with van der Waals surface area (Å²) < 4.78 is 33.0. The molecule has 0 bridgehead atoms. The maximum atomic E-state index is 12.8. The van der Waals surface area contributed by atoms with E-state index in [2.05, 4.69) is 4.72 Å². The van der Waals surface area contributed by atoms with Crippen molar-refractivity contribution in [2.45, 2.75) is 11.8 Å². The van der Waals surface area contributed by atoms with Crippen LogP contribution in [-0.2, 0) is 14.8 Å². The van der Waals surface area contributed by atoms with Crippen molar-refractivity contribution >= 4 is 38.0 Å². The standard InChI is InChI=1S/C19H16N2O6S2/c1-2-27-19(22)14-12-16(13-8-4-3-5-9-13)28-18(14)20-29(25,26)17-11-7-6-10-15(17)21(23)24/h3-12,20H,2H2,1H3. The molecule has 3 rings (SSSR count). The van der Waals surface area contributed by atoms with Crippen molar-refractivity contribution < 1.29 is 22.9 Å². The Morgan fingerprint density at radius 2 is 1.79 bits per heavy atom. The lowest BCUT2D eigenvalue weighted by Gasteiger charge is -2.08. The van der Waals surface area contributed by atoms with Crippen LogP contribution in [0.5, 0.6) is 0 Å². The van der Waals surface area contributed by atoms with Crippen LogP contribution in [0.4, 0.5) is 10.7 Å². The molecule has 29 heavy (non-hydrogen) atoms. The van der Waals surface area contributed by atoms with E-state index < -0.39 is 31.5 Å². The SMILES string of the molecule is CCOC(=O)c1cc(-c2ccccc2)sc1NS(=O)(=O)c1ccccc1[N+](=O)[O-]. The number of hydrogen-bond donors (Lipinski definition) is 1. The Hall–Kier alpha value is -3.24. The van der Waals surface area contributed by atoms with Gasteiger partial charge in [-0.1, -0.05) is 42.5 Å². The molecule has 0 amide bonds. The van der Waals surface area contributed by atoms with Gasteiger partial charge < -0.3 is 4.74 Å². The molecule has 3 aromatic rings. The maximum Gasteiger partial charge on any atom is 0.341 e. The monoisotopic (exact) mass is 432 g/mol. The Bertz CT molecular complexity index is 1160. The molecule has 1 aromatic heterocycles. The van der Waals surface area contributed by atoms with Gasteiger partial charge in [-0.05, 0) is 24.6 Å². The summed E-state index contributed by atoms with van der Waals surface area (Å²) in [4.78, 5) is 22.9. The zero-order chi connectivity index (χ0) is 21.0. The lowest BCUT2D eigenvalue weighted by atomic mass is 10.1. The molecule has 1 N–H and O–H groups in total. The topological polar surface area (TPSA) is 116 Å². The average molecular weight is 432 g/mol. The quantitative estimate of drug-likeness (QED) is 0.338. The highest BCUT2D eigenvalue weighted by Gasteiger charge is 2.28. The van der Waals surface area contributed by atoms with Crippen LogP contribution in [0.15, 0.2) is 65.6 Å². The summed E-state index contributed by atoms with van der Waals surface area (Å²) in [5.74, 6) is -0.689. The van der Waals surface area contributed by atoms with E-state index in [0.29, 0.717) is 4.88 Å². The molecule has 1 heterocycles. The van der Waals surface area contributed by atoms with Gasteiger partial charge in [-0.25, -0.2) is 13.2 Å². The zero-order valence-electron chi connectivity index (χ0n) is 15.2. The molecule has 0 fully saturated rings. The Labute approximate surface area is 171 Å². The molecule has 10 heteroatoms. The summed E-state index contributed by atoms with van der Waals surface area (Å²) in [5.41, 5.74) is 0.273. The predicted molar refractivity (Wildman–Crippen MR) is 110 cm³/mol. The van der Waals surface area contributed by atoms with Crippen LogP contribution in [0.2, 0.25) is 0 Å². The van der Waals surface area contributed by atoms with Crippen LogP contribution in [0.25, 0.3) is 10.4 Å². The molecule has 0 aliphatic rings. The molecule has 2 aromatic carbocycles.